The van der Waals surface area contributed by atoms with Crippen molar-refractivity contribution in [1.29, 1.82) is 0 Å². The molecule has 2 rings (SSSR count). The molecule has 0 spiro atoms. The van der Waals surface area contributed by atoms with Gasteiger partial charge in [-0.1, -0.05) is 11.6 Å². The topological polar surface area (TPSA) is 58.6 Å². The van der Waals surface area contributed by atoms with E-state index in [1.54, 1.807) is 13.0 Å². The Morgan fingerprint density at radius 2 is 2.47 bits per heavy atom. The number of hydrogen-bond donors (Lipinski definition) is 2. The normalized spacial score (nSPS) is 19.5. The van der Waals surface area contributed by atoms with E-state index in [9.17, 15) is 4.79 Å². The van der Waals surface area contributed by atoms with Crippen LogP contribution in [0.1, 0.15) is 12.5 Å². The molecule has 92 valence electrons. The molecule has 4 nitrogen and oxygen atoms in total. The van der Waals surface area contributed by atoms with Crippen LogP contribution in [0, 0.1) is 0 Å². The highest BCUT2D eigenvalue weighted by Crippen LogP contribution is 2.30. The molecule has 1 aliphatic rings. The fourth-order valence-electron chi connectivity index (χ4n) is 1.80. The Balaban J connectivity index is 1.90. The number of fused-ring (bicyclic) bond motifs is 1. The van der Waals surface area contributed by atoms with Crippen molar-refractivity contribution in [2.75, 3.05) is 6.54 Å². The standard InChI is InChI=1S/C12H14ClNO3/c1-7(12(15)16)14-6-10-5-8-4-9(13)2-3-11(8)17-10/h2-4,7,10,14H,5-6H2,1H3,(H,15,16). The van der Waals surface area contributed by atoms with Gasteiger partial charge < -0.3 is 15.2 Å². The molecule has 17 heavy (non-hydrogen) atoms. The monoisotopic (exact) mass is 255 g/mol. The zero-order valence-electron chi connectivity index (χ0n) is 9.44. The summed E-state index contributed by atoms with van der Waals surface area (Å²) < 4.78 is 5.68. The maximum absolute atomic E-state index is 10.6. The molecule has 1 aromatic rings. The molecular weight excluding hydrogens is 242 g/mol. The molecule has 1 aromatic carbocycles. The van der Waals surface area contributed by atoms with E-state index >= 15 is 0 Å². The van der Waals surface area contributed by atoms with Gasteiger partial charge in [-0.25, -0.2) is 0 Å². The molecule has 1 aliphatic heterocycles. The highest BCUT2D eigenvalue weighted by Gasteiger charge is 2.23. The van der Waals surface area contributed by atoms with E-state index in [1.807, 2.05) is 12.1 Å². The first-order valence-electron chi connectivity index (χ1n) is 5.47. The van der Waals surface area contributed by atoms with E-state index in [0.717, 1.165) is 17.7 Å². The number of nitrogens with one attached hydrogen (secondary N) is 1. The van der Waals surface area contributed by atoms with Gasteiger partial charge in [0.25, 0.3) is 0 Å². The van der Waals surface area contributed by atoms with Gasteiger partial charge in [-0.2, -0.15) is 0 Å². The minimum Gasteiger partial charge on any atom is -0.488 e. The molecule has 5 heteroatoms. The molecule has 0 amide bonds. The summed E-state index contributed by atoms with van der Waals surface area (Å²) in [6, 6.07) is 4.96. The molecule has 2 unspecified atom stereocenters. The lowest BCUT2D eigenvalue weighted by atomic mass is 10.1. The Labute approximate surface area is 105 Å². The quantitative estimate of drug-likeness (QED) is 0.860. The van der Waals surface area contributed by atoms with Gasteiger partial charge in [-0.15, -0.1) is 0 Å². The Bertz CT molecular complexity index is 436. The molecule has 2 N–H and O–H groups in total. The SMILES string of the molecule is CC(NCC1Cc2cc(Cl)ccc2O1)C(=O)O. The average Bonchev–Trinajstić information content (AvgIpc) is 2.67. The minimum absolute atomic E-state index is 0.0229. The third-order valence-electron chi connectivity index (χ3n) is 2.79. The fourth-order valence-corrected chi connectivity index (χ4v) is 1.99. The van der Waals surface area contributed by atoms with Gasteiger partial charge in [0.05, 0.1) is 0 Å². The summed E-state index contributed by atoms with van der Waals surface area (Å²) in [5.41, 5.74) is 1.08. The van der Waals surface area contributed by atoms with E-state index in [0.29, 0.717) is 11.6 Å². The van der Waals surface area contributed by atoms with Gasteiger partial charge in [0.2, 0.25) is 0 Å². The van der Waals surface area contributed by atoms with Crippen molar-refractivity contribution in [3.8, 4) is 5.75 Å². The van der Waals surface area contributed by atoms with Crippen molar-refractivity contribution in [3.63, 3.8) is 0 Å². The number of aliphatic carboxylic acids is 1. The van der Waals surface area contributed by atoms with Crippen molar-refractivity contribution in [1.82, 2.24) is 5.32 Å². The van der Waals surface area contributed by atoms with Gasteiger partial charge >= 0.3 is 5.97 Å². The largest absolute Gasteiger partial charge is 0.488 e. The van der Waals surface area contributed by atoms with Gasteiger partial charge in [0, 0.05) is 18.0 Å². The molecule has 0 aliphatic carbocycles. The molecule has 0 fully saturated rings. The number of rotatable bonds is 4. The maximum atomic E-state index is 10.6. The Kier molecular flexibility index (Phi) is 3.54. The van der Waals surface area contributed by atoms with Crippen LogP contribution in [0.5, 0.6) is 5.75 Å². The molecule has 0 radical (unpaired) electrons. The predicted octanol–water partition coefficient (Wildman–Crippen LogP) is 1.71. The number of carboxylic acid groups (broad SMARTS) is 1. The molecule has 2 atom stereocenters. The van der Waals surface area contributed by atoms with Crippen molar-refractivity contribution < 1.29 is 14.6 Å². The lowest BCUT2D eigenvalue weighted by molar-refractivity contribution is -0.139. The van der Waals surface area contributed by atoms with Crippen molar-refractivity contribution in [3.05, 3.63) is 28.8 Å². The third kappa shape index (κ3) is 2.90. The van der Waals surface area contributed by atoms with Crippen LogP contribution in [0.15, 0.2) is 18.2 Å². The maximum Gasteiger partial charge on any atom is 0.320 e. The molecule has 0 saturated heterocycles. The fraction of sp³-hybridized carbons (Fsp3) is 0.417. The summed E-state index contributed by atoms with van der Waals surface area (Å²) in [7, 11) is 0. The van der Waals surface area contributed by atoms with Crippen LogP contribution in [-0.2, 0) is 11.2 Å². The number of benzene rings is 1. The van der Waals surface area contributed by atoms with Crippen LogP contribution >= 0.6 is 11.6 Å². The lowest BCUT2D eigenvalue weighted by Gasteiger charge is -2.14. The summed E-state index contributed by atoms with van der Waals surface area (Å²) >= 11 is 5.89. The van der Waals surface area contributed by atoms with Crippen molar-refractivity contribution in [2.45, 2.75) is 25.5 Å². The summed E-state index contributed by atoms with van der Waals surface area (Å²) in [5.74, 6) is -0.0206. The first-order valence-corrected chi connectivity index (χ1v) is 5.85. The van der Waals surface area contributed by atoms with Crippen LogP contribution in [0.2, 0.25) is 5.02 Å². The van der Waals surface area contributed by atoms with Crippen LogP contribution in [0.3, 0.4) is 0 Å². The second-order valence-electron chi connectivity index (χ2n) is 4.16. The number of ether oxygens (including phenoxy) is 1. The van der Waals surface area contributed by atoms with Gasteiger partial charge in [-0.05, 0) is 30.7 Å². The number of carboxylic acids is 1. The number of halogens is 1. The van der Waals surface area contributed by atoms with Crippen LogP contribution < -0.4 is 10.1 Å². The highest BCUT2D eigenvalue weighted by molar-refractivity contribution is 6.30. The first kappa shape index (κ1) is 12.2. The summed E-state index contributed by atoms with van der Waals surface area (Å²) in [4.78, 5) is 10.6. The molecule has 1 heterocycles. The van der Waals surface area contributed by atoms with E-state index in [1.165, 1.54) is 0 Å². The Morgan fingerprint density at radius 1 is 1.71 bits per heavy atom. The summed E-state index contributed by atoms with van der Waals surface area (Å²) in [6.45, 7) is 2.13. The zero-order valence-corrected chi connectivity index (χ0v) is 10.2. The second-order valence-corrected chi connectivity index (χ2v) is 4.60. The second kappa shape index (κ2) is 4.94. The van der Waals surface area contributed by atoms with E-state index in [4.69, 9.17) is 21.4 Å². The van der Waals surface area contributed by atoms with Crippen LogP contribution in [0.25, 0.3) is 0 Å². The molecule has 0 saturated carbocycles. The molecule has 0 aromatic heterocycles. The lowest BCUT2D eigenvalue weighted by Crippen LogP contribution is -2.40. The number of carbonyl (C=O) groups is 1. The van der Waals surface area contributed by atoms with Gasteiger partial charge in [0.1, 0.15) is 17.9 Å². The zero-order chi connectivity index (χ0) is 12.4. The summed E-state index contributed by atoms with van der Waals surface area (Å²) in [6.07, 6.45) is 0.736. The Morgan fingerprint density at radius 3 is 3.18 bits per heavy atom. The van der Waals surface area contributed by atoms with E-state index in [2.05, 4.69) is 5.32 Å². The van der Waals surface area contributed by atoms with Crippen LogP contribution in [0.4, 0.5) is 0 Å². The van der Waals surface area contributed by atoms with E-state index in [-0.39, 0.29) is 6.10 Å². The third-order valence-corrected chi connectivity index (χ3v) is 3.02. The Hall–Kier alpha value is -1.26. The summed E-state index contributed by atoms with van der Waals surface area (Å²) in [5, 5.41) is 12.4. The van der Waals surface area contributed by atoms with Gasteiger partial charge in [0.15, 0.2) is 0 Å². The molecule has 0 bridgehead atoms. The first-order chi connectivity index (χ1) is 8.06. The van der Waals surface area contributed by atoms with Crippen molar-refractivity contribution >= 4 is 17.6 Å². The van der Waals surface area contributed by atoms with Crippen LogP contribution in [-0.4, -0.2) is 29.8 Å². The smallest absolute Gasteiger partial charge is 0.320 e. The average molecular weight is 256 g/mol. The highest BCUT2D eigenvalue weighted by atomic mass is 35.5. The van der Waals surface area contributed by atoms with Gasteiger partial charge in [-0.3, -0.25) is 4.79 Å². The predicted molar refractivity (Wildman–Crippen MR) is 64.7 cm³/mol. The molecular formula is C12H14ClNO3. The number of hydrogen-bond acceptors (Lipinski definition) is 3. The minimum atomic E-state index is -0.858. The van der Waals surface area contributed by atoms with E-state index < -0.39 is 12.0 Å². The van der Waals surface area contributed by atoms with Crippen molar-refractivity contribution in [2.24, 2.45) is 0 Å².